The fourth-order valence-electron chi connectivity index (χ4n) is 2.65. The minimum atomic E-state index is -0.570. The summed E-state index contributed by atoms with van der Waals surface area (Å²) in [5.74, 6) is 0. The van der Waals surface area contributed by atoms with Gasteiger partial charge < -0.3 is 15.5 Å². The molecule has 0 bridgehead atoms. The van der Waals surface area contributed by atoms with Crippen molar-refractivity contribution in [2.45, 2.75) is 0 Å². The highest BCUT2D eigenvalue weighted by Gasteiger charge is 2.26. The third-order valence-electron chi connectivity index (χ3n) is 3.88. The van der Waals surface area contributed by atoms with E-state index in [-0.39, 0.29) is 5.69 Å². The SMILES string of the molecule is N#Cc1ccc(N2CCN(c3c(N)c(=O)c3=O)CC2)cc1. The Labute approximate surface area is 121 Å². The number of nitriles is 1. The Morgan fingerprint density at radius 2 is 1.52 bits per heavy atom. The molecule has 1 fully saturated rings. The average Bonchev–Trinajstić information content (AvgIpc) is 2.55. The predicted octanol–water partition coefficient (Wildman–Crippen LogP) is 0.0631. The van der Waals surface area contributed by atoms with Crippen LogP contribution in [0.4, 0.5) is 17.1 Å². The van der Waals surface area contributed by atoms with Gasteiger partial charge >= 0.3 is 0 Å². The van der Waals surface area contributed by atoms with E-state index in [1.165, 1.54) is 0 Å². The van der Waals surface area contributed by atoms with Crippen LogP contribution < -0.4 is 26.4 Å². The molecule has 0 atom stereocenters. The van der Waals surface area contributed by atoms with E-state index >= 15 is 0 Å². The van der Waals surface area contributed by atoms with E-state index in [9.17, 15) is 9.59 Å². The van der Waals surface area contributed by atoms with E-state index in [0.29, 0.717) is 24.3 Å². The van der Waals surface area contributed by atoms with Gasteiger partial charge in [-0.3, -0.25) is 9.59 Å². The monoisotopic (exact) mass is 282 g/mol. The largest absolute Gasteiger partial charge is 0.394 e. The minimum Gasteiger partial charge on any atom is -0.394 e. The van der Waals surface area contributed by atoms with Crippen molar-refractivity contribution in [2.75, 3.05) is 41.7 Å². The number of hydrogen-bond donors (Lipinski definition) is 1. The van der Waals surface area contributed by atoms with Gasteiger partial charge in [0.1, 0.15) is 11.4 Å². The molecule has 0 amide bonds. The highest BCUT2D eigenvalue weighted by atomic mass is 16.2. The summed E-state index contributed by atoms with van der Waals surface area (Å²) in [7, 11) is 0. The molecule has 1 aliphatic rings. The second-order valence-corrected chi connectivity index (χ2v) is 5.05. The molecule has 2 aromatic rings. The Balaban J connectivity index is 1.69. The zero-order chi connectivity index (χ0) is 15.0. The van der Waals surface area contributed by atoms with Crippen molar-refractivity contribution < 1.29 is 0 Å². The highest BCUT2D eigenvalue weighted by Crippen LogP contribution is 2.21. The first-order chi connectivity index (χ1) is 10.1. The lowest BCUT2D eigenvalue weighted by atomic mass is 10.1. The molecular formula is C15H14N4O2. The smallest absolute Gasteiger partial charge is 0.253 e. The fraction of sp³-hybridized carbons (Fsp3) is 0.267. The van der Waals surface area contributed by atoms with Crippen LogP contribution in [0.15, 0.2) is 33.9 Å². The lowest BCUT2D eigenvalue weighted by molar-refractivity contribution is 0.651. The second kappa shape index (κ2) is 4.94. The number of rotatable bonds is 2. The van der Waals surface area contributed by atoms with Crippen molar-refractivity contribution in [3.63, 3.8) is 0 Å². The molecule has 0 radical (unpaired) electrons. The molecule has 1 saturated heterocycles. The number of piperazine rings is 1. The van der Waals surface area contributed by atoms with Crippen molar-refractivity contribution in [1.29, 1.82) is 5.26 Å². The van der Waals surface area contributed by atoms with Crippen LogP contribution in [0.25, 0.3) is 0 Å². The van der Waals surface area contributed by atoms with Crippen LogP contribution >= 0.6 is 0 Å². The number of hydrogen-bond acceptors (Lipinski definition) is 6. The summed E-state index contributed by atoms with van der Waals surface area (Å²) >= 11 is 0. The van der Waals surface area contributed by atoms with Gasteiger partial charge in [-0.2, -0.15) is 5.26 Å². The van der Waals surface area contributed by atoms with Crippen molar-refractivity contribution in [2.24, 2.45) is 0 Å². The molecule has 3 rings (SSSR count). The fourth-order valence-corrected chi connectivity index (χ4v) is 2.65. The Kier molecular flexibility index (Phi) is 3.10. The summed E-state index contributed by atoms with van der Waals surface area (Å²) < 4.78 is 0. The summed E-state index contributed by atoms with van der Waals surface area (Å²) in [5.41, 5.74) is 6.69. The number of benzene rings is 1. The maximum atomic E-state index is 11.5. The van der Waals surface area contributed by atoms with Gasteiger partial charge in [0.05, 0.1) is 11.6 Å². The Bertz CT molecular complexity index is 773. The van der Waals surface area contributed by atoms with Crippen molar-refractivity contribution >= 4 is 17.1 Å². The van der Waals surface area contributed by atoms with Gasteiger partial charge in [-0.15, -0.1) is 0 Å². The summed E-state index contributed by atoms with van der Waals surface area (Å²) in [6.07, 6.45) is 0. The first-order valence-electron chi connectivity index (χ1n) is 6.70. The molecule has 0 aliphatic carbocycles. The van der Waals surface area contributed by atoms with Gasteiger partial charge in [-0.1, -0.05) is 0 Å². The summed E-state index contributed by atoms with van der Waals surface area (Å²) in [4.78, 5) is 26.7. The van der Waals surface area contributed by atoms with Crippen molar-refractivity contribution in [3.8, 4) is 6.07 Å². The maximum Gasteiger partial charge on any atom is 0.253 e. The number of nitrogen functional groups attached to an aromatic ring is 1. The second-order valence-electron chi connectivity index (χ2n) is 5.05. The highest BCUT2D eigenvalue weighted by molar-refractivity contribution is 5.73. The zero-order valence-electron chi connectivity index (χ0n) is 11.4. The lowest BCUT2D eigenvalue weighted by Gasteiger charge is -2.37. The standard InChI is InChI=1S/C15H14N4O2/c16-9-10-1-3-11(4-2-10)18-5-7-19(8-6-18)13-12(17)14(20)15(13)21/h1-4H,5-8,17H2. The normalized spacial score (nSPS) is 15.2. The number of nitrogens with zero attached hydrogens (tertiary/aromatic N) is 3. The minimum absolute atomic E-state index is 0.0897. The molecule has 2 N–H and O–H groups in total. The Morgan fingerprint density at radius 1 is 0.952 bits per heavy atom. The average molecular weight is 282 g/mol. The molecule has 21 heavy (non-hydrogen) atoms. The molecule has 0 saturated carbocycles. The van der Waals surface area contributed by atoms with Crippen LogP contribution in [0.1, 0.15) is 5.56 Å². The van der Waals surface area contributed by atoms with Gasteiger partial charge in [-0.25, -0.2) is 0 Å². The van der Waals surface area contributed by atoms with Crippen LogP contribution in [0, 0.1) is 11.3 Å². The van der Waals surface area contributed by atoms with E-state index < -0.39 is 10.9 Å². The Hall–Kier alpha value is -2.81. The molecule has 106 valence electrons. The number of anilines is 3. The predicted molar refractivity (Wildman–Crippen MR) is 81.3 cm³/mol. The van der Waals surface area contributed by atoms with Crippen molar-refractivity contribution in [3.05, 3.63) is 50.3 Å². The van der Waals surface area contributed by atoms with E-state index in [1.54, 1.807) is 12.1 Å². The van der Waals surface area contributed by atoms with E-state index in [4.69, 9.17) is 11.0 Å². The molecule has 2 aromatic carbocycles. The Morgan fingerprint density at radius 3 is 2.05 bits per heavy atom. The van der Waals surface area contributed by atoms with Gasteiger partial charge in [0.25, 0.3) is 10.9 Å². The van der Waals surface area contributed by atoms with Gasteiger partial charge in [0.2, 0.25) is 0 Å². The van der Waals surface area contributed by atoms with Crippen LogP contribution in [0.3, 0.4) is 0 Å². The summed E-state index contributed by atoms with van der Waals surface area (Å²) in [6.45, 7) is 2.78. The number of nitrogens with two attached hydrogens (primary N) is 1. The van der Waals surface area contributed by atoms with E-state index in [1.807, 2.05) is 17.0 Å². The quantitative estimate of drug-likeness (QED) is 0.783. The van der Waals surface area contributed by atoms with Gasteiger partial charge in [0.15, 0.2) is 0 Å². The summed E-state index contributed by atoms with van der Waals surface area (Å²) in [6, 6.07) is 9.50. The van der Waals surface area contributed by atoms with E-state index in [2.05, 4.69) is 11.0 Å². The topological polar surface area (TPSA) is 90.4 Å². The molecule has 0 spiro atoms. The molecule has 6 heteroatoms. The molecular weight excluding hydrogens is 268 g/mol. The molecule has 0 unspecified atom stereocenters. The lowest BCUT2D eigenvalue weighted by Crippen LogP contribution is -2.51. The third kappa shape index (κ3) is 2.13. The van der Waals surface area contributed by atoms with Gasteiger partial charge in [-0.05, 0) is 24.3 Å². The molecule has 1 aliphatic heterocycles. The van der Waals surface area contributed by atoms with Crippen LogP contribution in [-0.2, 0) is 0 Å². The van der Waals surface area contributed by atoms with Crippen LogP contribution in [0.5, 0.6) is 0 Å². The van der Waals surface area contributed by atoms with Gasteiger partial charge in [0, 0.05) is 31.9 Å². The molecule has 6 nitrogen and oxygen atoms in total. The zero-order valence-corrected chi connectivity index (χ0v) is 11.4. The van der Waals surface area contributed by atoms with Crippen LogP contribution in [-0.4, -0.2) is 26.2 Å². The molecule has 1 heterocycles. The first-order valence-corrected chi connectivity index (χ1v) is 6.70. The van der Waals surface area contributed by atoms with Crippen molar-refractivity contribution in [1.82, 2.24) is 0 Å². The summed E-state index contributed by atoms with van der Waals surface area (Å²) in [5, 5.41) is 8.79. The third-order valence-corrected chi connectivity index (χ3v) is 3.88. The van der Waals surface area contributed by atoms with E-state index in [0.717, 1.165) is 18.8 Å². The molecule has 0 aromatic heterocycles. The van der Waals surface area contributed by atoms with Crippen LogP contribution in [0.2, 0.25) is 0 Å². The maximum absolute atomic E-state index is 11.5. The first kappa shape index (κ1) is 13.2.